The number of carbonyl (C=O) groups excluding carboxylic acids is 4. The lowest BCUT2D eigenvalue weighted by atomic mass is 9.98. The number of carbonyl (C=O) groups is 5. The molecule has 0 saturated heterocycles. The number of aliphatic imine (C=N–C) groups is 1. The molecule has 0 saturated carbocycles. The van der Waals surface area contributed by atoms with Crippen molar-refractivity contribution in [3.05, 3.63) is 35.9 Å². The molecule has 0 bridgehead atoms. The first-order valence-electron chi connectivity index (χ1n) is 13.1. The van der Waals surface area contributed by atoms with Crippen LogP contribution in [0, 0.1) is 5.92 Å². The molecule has 0 heterocycles. The number of hydrogen-bond acceptors (Lipinski definition) is 7. The van der Waals surface area contributed by atoms with Gasteiger partial charge in [-0.05, 0) is 30.7 Å². The van der Waals surface area contributed by atoms with Gasteiger partial charge < -0.3 is 44.0 Å². The molecular weight excluding hydrogens is 520 g/mol. The summed E-state index contributed by atoms with van der Waals surface area (Å²) in [6.07, 6.45) is 0.667. The van der Waals surface area contributed by atoms with Crippen molar-refractivity contribution >= 4 is 35.6 Å². The van der Waals surface area contributed by atoms with Crippen molar-refractivity contribution < 1.29 is 29.1 Å². The Hall–Kier alpha value is -4.20. The number of primary amides is 1. The second-order valence-corrected chi connectivity index (χ2v) is 9.58. The Labute approximate surface area is 233 Å². The summed E-state index contributed by atoms with van der Waals surface area (Å²) in [6.45, 7) is 3.90. The molecule has 1 rings (SSSR count). The van der Waals surface area contributed by atoms with E-state index in [0.717, 1.165) is 0 Å². The van der Waals surface area contributed by atoms with Crippen molar-refractivity contribution in [3.63, 3.8) is 0 Å². The molecular formula is C26H42N8O6. The van der Waals surface area contributed by atoms with Gasteiger partial charge in [-0.2, -0.15) is 0 Å². The maximum atomic E-state index is 13.4. The molecule has 4 amide bonds. The number of guanidine groups is 1. The van der Waals surface area contributed by atoms with E-state index in [1.165, 1.54) is 0 Å². The van der Waals surface area contributed by atoms with Crippen LogP contribution in [-0.4, -0.2) is 71.4 Å². The highest BCUT2D eigenvalue weighted by Crippen LogP contribution is 2.09. The summed E-state index contributed by atoms with van der Waals surface area (Å²) in [7, 11) is 0. The predicted octanol–water partition coefficient (Wildman–Crippen LogP) is -1.54. The summed E-state index contributed by atoms with van der Waals surface area (Å²) in [5.41, 5.74) is 22.6. The van der Waals surface area contributed by atoms with E-state index >= 15 is 0 Å². The fourth-order valence-corrected chi connectivity index (χ4v) is 3.70. The van der Waals surface area contributed by atoms with Crippen molar-refractivity contribution in [2.24, 2.45) is 33.8 Å². The fourth-order valence-electron chi connectivity index (χ4n) is 3.70. The third kappa shape index (κ3) is 12.6. The molecule has 14 heteroatoms. The molecule has 0 aromatic heterocycles. The SMILES string of the molecule is CCC(C)C(N)C(=O)NC(CCCN=C(N)N)C(=O)NC(Cc1ccccc1)C(=O)NC(CCC(N)=O)C(=O)O. The Balaban J connectivity index is 3.18. The normalized spacial score (nSPS) is 14.5. The van der Waals surface area contributed by atoms with Crippen LogP contribution in [0.1, 0.15) is 51.5 Å². The lowest BCUT2D eigenvalue weighted by Gasteiger charge is -2.26. The van der Waals surface area contributed by atoms with Gasteiger partial charge in [0.2, 0.25) is 23.6 Å². The zero-order chi connectivity index (χ0) is 30.2. The molecule has 12 N–H and O–H groups in total. The fraction of sp³-hybridized carbons (Fsp3) is 0.538. The number of carboxylic acid groups (broad SMARTS) is 1. The van der Waals surface area contributed by atoms with Gasteiger partial charge in [-0.15, -0.1) is 0 Å². The third-order valence-electron chi connectivity index (χ3n) is 6.35. The summed E-state index contributed by atoms with van der Waals surface area (Å²) < 4.78 is 0. The number of rotatable bonds is 18. The Morgan fingerprint density at radius 3 is 2.00 bits per heavy atom. The van der Waals surface area contributed by atoms with E-state index in [4.69, 9.17) is 22.9 Å². The molecule has 222 valence electrons. The molecule has 0 aliphatic carbocycles. The van der Waals surface area contributed by atoms with Gasteiger partial charge in [-0.1, -0.05) is 50.6 Å². The van der Waals surface area contributed by atoms with E-state index < -0.39 is 53.8 Å². The van der Waals surface area contributed by atoms with Gasteiger partial charge in [-0.3, -0.25) is 24.2 Å². The van der Waals surface area contributed by atoms with Crippen molar-refractivity contribution in [2.45, 2.75) is 76.5 Å². The predicted molar refractivity (Wildman–Crippen MR) is 149 cm³/mol. The van der Waals surface area contributed by atoms with Crippen LogP contribution in [0.3, 0.4) is 0 Å². The van der Waals surface area contributed by atoms with Crippen LogP contribution in [0.25, 0.3) is 0 Å². The minimum Gasteiger partial charge on any atom is -0.480 e. The van der Waals surface area contributed by atoms with Crippen molar-refractivity contribution in [1.82, 2.24) is 16.0 Å². The van der Waals surface area contributed by atoms with Gasteiger partial charge in [0.25, 0.3) is 0 Å². The number of nitrogens with zero attached hydrogens (tertiary/aromatic N) is 1. The molecule has 0 aliphatic rings. The monoisotopic (exact) mass is 562 g/mol. The van der Waals surface area contributed by atoms with Gasteiger partial charge in [0.15, 0.2) is 5.96 Å². The number of benzene rings is 1. The Kier molecular flexibility index (Phi) is 14.7. The molecule has 1 aromatic rings. The molecule has 0 spiro atoms. The highest BCUT2D eigenvalue weighted by Gasteiger charge is 2.31. The first-order chi connectivity index (χ1) is 18.8. The van der Waals surface area contributed by atoms with E-state index in [9.17, 15) is 29.1 Å². The second kappa shape index (κ2) is 17.4. The van der Waals surface area contributed by atoms with Gasteiger partial charge in [0, 0.05) is 19.4 Å². The van der Waals surface area contributed by atoms with E-state index in [1.54, 1.807) is 30.3 Å². The zero-order valence-corrected chi connectivity index (χ0v) is 23.0. The van der Waals surface area contributed by atoms with Gasteiger partial charge in [0.1, 0.15) is 18.1 Å². The number of nitrogens with two attached hydrogens (primary N) is 4. The lowest BCUT2D eigenvalue weighted by molar-refractivity contribution is -0.142. The number of nitrogens with one attached hydrogen (secondary N) is 3. The summed E-state index contributed by atoms with van der Waals surface area (Å²) in [5.74, 6) is -4.32. The number of amides is 4. The zero-order valence-electron chi connectivity index (χ0n) is 23.0. The molecule has 0 aliphatic heterocycles. The molecule has 14 nitrogen and oxygen atoms in total. The molecule has 0 fully saturated rings. The average Bonchev–Trinajstić information content (AvgIpc) is 2.91. The summed E-state index contributed by atoms with van der Waals surface area (Å²) in [5, 5.41) is 17.2. The van der Waals surface area contributed by atoms with E-state index in [2.05, 4.69) is 20.9 Å². The maximum absolute atomic E-state index is 13.4. The summed E-state index contributed by atoms with van der Waals surface area (Å²) >= 11 is 0. The first kappa shape index (κ1) is 33.8. The number of aliphatic carboxylic acids is 1. The lowest BCUT2D eigenvalue weighted by Crippen LogP contribution is -2.58. The van der Waals surface area contributed by atoms with Crippen molar-refractivity contribution in [2.75, 3.05) is 6.54 Å². The Morgan fingerprint density at radius 2 is 1.45 bits per heavy atom. The van der Waals surface area contributed by atoms with Crippen molar-refractivity contribution in [1.29, 1.82) is 0 Å². The topological polar surface area (TPSA) is 258 Å². The highest BCUT2D eigenvalue weighted by molar-refractivity contribution is 5.94. The number of carboxylic acids is 1. The van der Waals surface area contributed by atoms with E-state index in [0.29, 0.717) is 18.4 Å². The van der Waals surface area contributed by atoms with E-state index in [-0.39, 0.29) is 44.1 Å². The van der Waals surface area contributed by atoms with Crippen LogP contribution in [0.4, 0.5) is 0 Å². The van der Waals surface area contributed by atoms with Gasteiger partial charge in [0.05, 0.1) is 6.04 Å². The quantitative estimate of drug-likeness (QED) is 0.0585. The summed E-state index contributed by atoms with van der Waals surface area (Å²) in [4.78, 5) is 66.1. The Morgan fingerprint density at radius 1 is 0.875 bits per heavy atom. The van der Waals surface area contributed by atoms with Crippen LogP contribution in [-0.2, 0) is 30.4 Å². The van der Waals surface area contributed by atoms with E-state index in [1.807, 2.05) is 13.8 Å². The number of hydrogen-bond donors (Lipinski definition) is 8. The molecule has 0 radical (unpaired) electrons. The van der Waals surface area contributed by atoms with Crippen LogP contribution in [0.2, 0.25) is 0 Å². The molecule has 5 unspecified atom stereocenters. The maximum Gasteiger partial charge on any atom is 0.326 e. The standard InChI is InChI=1S/C26H42N8O6/c1-3-15(2)21(28)24(38)32-17(10-7-13-31-26(29)30)22(36)34-19(14-16-8-5-4-6-9-16)23(37)33-18(25(39)40)11-12-20(27)35/h4-6,8-9,15,17-19,21H,3,7,10-14,28H2,1-2H3,(H2,27,35)(H,32,38)(H,33,37)(H,34,36)(H,39,40)(H4,29,30,31). The van der Waals surface area contributed by atoms with Crippen LogP contribution < -0.4 is 38.9 Å². The Bertz CT molecular complexity index is 1030. The molecule has 5 atom stereocenters. The highest BCUT2D eigenvalue weighted by atomic mass is 16.4. The van der Waals surface area contributed by atoms with Crippen LogP contribution in [0.15, 0.2) is 35.3 Å². The summed E-state index contributed by atoms with van der Waals surface area (Å²) in [6, 6.07) is 4.23. The molecule has 1 aromatic carbocycles. The minimum atomic E-state index is -1.40. The smallest absolute Gasteiger partial charge is 0.326 e. The first-order valence-corrected chi connectivity index (χ1v) is 13.1. The third-order valence-corrected chi connectivity index (χ3v) is 6.35. The second-order valence-electron chi connectivity index (χ2n) is 9.58. The van der Waals surface area contributed by atoms with Crippen LogP contribution >= 0.6 is 0 Å². The van der Waals surface area contributed by atoms with Gasteiger partial charge in [-0.25, -0.2) is 4.79 Å². The largest absolute Gasteiger partial charge is 0.480 e. The van der Waals surface area contributed by atoms with Crippen molar-refractivity contribution in [3.8, 4) is 0 Å². The average molecular weight is 563 g/mol. The molecule has 40 heavy (non-hydrogen) atoms. The van der Waals surface area contributed by atoms with Gasteiger partial charge >= 0.3 is 5.97 Å². The minimum absolute atomic E-state index is 0.0294. The van der Waals surface area contributed by atoms with Crippen LogP contribution in [0.5, 0.6) is 0 Å².